The van der Waals surface area contributed by atoms with Crippen LogP contribution in [0.2, 0.25) is 0 Å². The quantitative estimate of drug-likeness (QED) is 0.897. The van der Waals surface area contributed by atoms with E-state index in [1.54, 1.807) is 0 Å². The number of benzene rings is 1. The van der Waals surface area contributed by atoms with Gasteiger partial charge in [-0.25, -0.2) is 0 Å². The van der Waals surface area contributed by atoms with Gasteiger partial charge in [0.25, 0.3) is 0 Å². The second kappa shape index (κ2) is 5.48. The van der Waals surface area contributed by atoms with Gasteiger partial charge in [-0.3, -0.25) is 0 Å². The summed E-state index contributed by atoms with van der Waals surface area (Å²) in [5.74, 6) is 0. The number of ether oxygens (including phenoxy) is 1. The second-order valence-corrected chi connectivity index (χ2v) is 4.70. The van der Waals surface area contributed by atoms with Crippen molar-refractivity contribution < 1.29 is 23.0 Å². The number of hydrogen-bond donors (Lipinski definition) is 1. The molecular weight excluding hydrogens is 259 g/mol. The summed E-state index contributed by atoms with van der Waals surface area (Å²) >= 11 is 0. The fraction of sp³-hybridized carbons (Fsp3) is 0.538. The van der Waals surface area contributed by atoms with Crippen molar-refractivity contribution in [1.29, 1.82) is 0 Å². The van der Waals surface area contributed by atoms with Gasteiger partial charge in [0.05, 0.1) is 12.2 Å². The van der Waals surface area contributed by atoms with Gasteiger partial charge in [0, 0.05) is 13.1 Å². The maximum absolute atomic E-state index is 12.9. The first-order valence-electron chi connectivity index (χ1n) is 6.04. The molecule has 0 radical (unpaired) electrons. The highest BCUT2D eigenvalue weighted by molar-refractivity contribution is 5.32. The number of halogens is 3. The van der Waals surface area contributed by atoms with Crippen molar-refractivity contribution in [3.63, 3.8) is 0 Å². The molecule has 1 aliphatic rings. The van der Waals surface area contributed by atoms with Crippen LogP contribution in [0.4, 0.5) is 13.2 Å². The number of aliphatic hydroxyl groups excluding tert-OH is 1. The van der Waals surface area contributed by atoms with Crippen molar-refractivity contribution in [1.82, 2.24) is 4.90 Å². The van der Waals surface area contributed by atoms with Gasteiger partial charge in [0.1, 0.15) is 12.2 Å². The average Bonchev–Trinajstić information content (AvgIpc) is 2.37. The fourth-order valence-corrected chi connectivity index (χ4v) is 2.22. The molecule has 19 heavy (non-hydrogen) atoms. The molecule has 1 fully saturated rings. The normalized spacial score (nSPS) is 23.3. The second-order valence-electron chi connectivity index (χ2n) is 4.70. The Labute approximate surface area is 109 Å². The number of likely N-dealkylation sites (N-methyl/N-ethyl adjacent to an activating group) is 1. The van der Waals surface area contributed by atoms with Crippen LogP contribution in [0, 0.1) is 0 Å². The van der Waals surface area contributed by atoms with Gasteiger partial charge in [-0.1, -0.05) is 18.2 Å². The van der Waals surface area contributed by atoms with Crippen LogP contribution in [-0.4, -0.2) is 42.9 Å². The van der Waals surface area contributed by atoms with E-state index in [2.05, 4.69) is 0 Å². The number of alkyl halides is 3. The lowest BCUT2D eigenvalue weighted by Gasteiger charge is -2.33. The SMILES string of the molecule is CN1CCOC(C(O)c2ccccc2C(F)(F)F)C1. The lowest BCUT2D eigenvalue weighted by molar-refractivity contribution is -0.141. The maximum Gasteiger partial charge on any atom is 0.416 e. The van der Waals surface area contributed by atoms with Crippen LogP contribution in [0.15, 0.2) is 24.3 Å². The van der Waals surface area contributed by atoms with Crippen molar-refractivity contribution in [2.45, 2.75) is 18.4 Å². The third-order valence-corrected chi connectivity index (χ3v) is 3.23. The third-order valence-electron chi connectivity index (χ3n) is 3.23. The third kappa shape index (κ3) is 3.26. The van der Waals surface area contributed by atoms with Gasteiger partial charge in [0.15, 0.2) is 0 Å². The number of aliphatic hydroxyl groups is 1. The molecule has 3 nitrogen and oxygen atoms in total. The van der Waals surface area contributed by atoms with Gasteiger partial charge in [-0.05, 0) is 18.7 Å². The minimum atomic E-state index is -4.47. The van der Waals surface area contributed by atoms with Crippen LogP contribution in [0.5, 0.6) is 0 Å². The molecule has 1 aromatic rings. The summed E-state index contributed by atoms with van der Waals surface area (Å²) in [7, 11) is 1.85. The molecule has 2 rings (SSSR count). The van der Waals surface area contributed by atoms with Crippen molar-refractivity contribution >= 4 is 0 Å². The lowest BCUT2D eigenvalue weighted by Crippen LogP contribution is -2.43. The van der Waals surface area contributed by atoms with E-state index in [0.717, 1.165) is 6.07 Å². The van der Waals surface area contributed by atoms with Gasteiger partial charge < -0.3 is 14.7 Å². The monoisotopic (exact) mass is 275 g/mol. The number of rotatable bonds is 2. The molecule has 0 saturated carbocycles. The highest BCUT2D eigenvalue weighted by atomic mass is 19.4. The summed E-state index contributed by atoms with van der Waals surface area (Å²) in [5, 5.41) is 10.2. The van der Waals surface area contributed by atoms with Gasteiger partial charge >= 0.3 is 6.18 Å². The Morgan fingerprint density at radius 3 is 2.68 bits per heavy atom. The molecule has 106 valence electrons. The van der Waals surface area contributed by atoms with E-state index >= 15 is 0 Å². The zero-order chi connectivity index (χ0) is 14.0. The highest BCUT2D eigenvalue weighted by Crippen LogP contribution is 2.36. The topological polar surface area (TPSA) is 32.7 Å². The van der Waals surface area contributed by atoms with Crippen LogP contribution in [0.3, 0.4) is 0 Å². The smallest absolute Gasteiger partial charge is 0.386 e. The van der Waals surface area contributed by atoms with E-state index in [4.69, 9.17) is 4.74 Å². The molecule has 2 unspecified atom stereocenters. The van der Waals surface area contributed by atoms with Crippen LogP contribution in [0.1, 0.15) is 17.2 Å². The largest absolute Gasteiger partial charge is 0.416 e. The van der Waals surface area contributed by atoms with E-state index in [-0.39, 0.29) is 5.56 Å². The van der Waals surface area contributed by atoms with E-state index < -0.39 is 23.9 Å². The fourth-order valence-electron chi connectivity index (χ4n) is 2.22. The van der Waals surface area contributed by atoms with Crippen molar-refractivity contribution in [2.24, 2.45) is 0 Å². The molecule has 2 atom stereocenters. The summed E-state index contributed by atoms with van der Waals surface area (Å²) in [4.78, 5) is 1.92. The minimum Gasteiger partial charge on any atom is -0.386 e. The van der Waals surface area contributed by atoms with E-state index in [9.17, 15) is 18.3 Å². The Balaban J connectivity index is 2.26. The van der Waals surface area contributed by atoms with Gasteiger partial charge in [0.2, 0.25) is 0 Å². The standard InChI is InChI=1S/C13H16F3NO2/c1-17-6-7-19-11(8-17)12(18)9-4-2-3-5-10(9)13(14,15)16/h2-5,11-12,18H,6-8H2,1H3. The maximum atomic E-state index is 12.9. The summed E-state index contributed by atoms with van der Waals surface area (Å²) in [6, 6.07) is 5.07. The van der Waals surface area contributed by atoms with Crippen LogP contribution < -0.4 is 0 Å². The summed E-state index contributed by atoms with van der Waals surface area (Å²) in [6.07, 6.45) is -6.39. The zero-order valence-electron chi connectivity index (χ0n) is 10.5. The van der Waals surface area contributed by atoms with Crippen LogP contribution >= 0.6 is 0 Å². The molecule has 0 amide bonds. The molecule has 1 aliphatic heterocycles. The number of morpholine rings is 1. The Hall–Kier alpha value is -1.11. The molecule has 0 spiro atoms. The first-order chi connectivity index (χ1) is 8.89. The van der Waals surface area contributed by atoms with Crippen molar-refractivity contribution in [2.75, 3.05) is 26.7 Å². The Morgan fingerprint density at radius 2 is 2.05 bits per heavy atom. The van der Waals surface area contributed by atoms with Gasteiger partial charge in [-0.2, -0.15) is 13.2 Å². The molecule has 0 bridgehead atoms. The average molecular weight is 275 g/mol. The Bertz CT molecular complexity index is 436. The molecule has 0 aliphatic carbocycles. The lowest BCUT2D eigenvalue weighted by atomic mass is 9.97. The molecule has 1 heterocycles. The van der Waals surface area contributed by atoms with Gasteiger partial charge in [-0.15, -0.1) is 0 Å². The van der Waals surface area contributed by atoms with Crippen LogP contribution in [0.25, 0.3) is 0 Å². The molecule has 1 saturated heterocycles. The number of hydrogen-bond acceptors (Lipinski definition) is 3. The summed E-state index contributed by atoms with van der Waals surface area (Å²) < 4.78 is 44.0. The Morgan fingerprint density at radius 1 is 1.37 bits per heavy atom. The molecule has 1 N–H and O–H groups in total. The highest BCUT2D eigenvalue weighted by Gasteiger charge is 2.37. The number of nitrogens with zero attached hydrogens (tertiary/aromatic N) is 1. The molecule has 6 heteroatoms. The Kier molecular flexibility index (Phi) is 4.13. The summed E-state index contributed by atoms with van der Waals surface area (Å²) in [6.45, 7) is 1.53. The van der Waals surface area contributed by atoms with Crippen molar-refractivity contribution in [3.8, 4) is 0 Å². The minimum absolute atomic E-state index is 0.129. The van der Waals surface area contributed by atoms with Crippen LogP contribution in [-0.2, 0) is 10.9 Å². The first kappa shape index (κ1) is 14.3. The molecular formula is C13H16F3NO2. The zero-order valence-corrected chi connectivity index (χ0v) is 10.5. The predicted molar refractivity (Wildman–Crippen MR) is 63.6 cm³/mol. The van der Waals surface area contributed by atoms with E-state index in [0.29, 0.717) is 19.7 Å². The van der Waals surface area contributed by atoms with Crippen molar-refractivity contribution in [3.05, 3.63) is 35.4 Å². The van der Waals surface area contributed by atoms with E-state index in [1.165, 1.54) is 18.2 Å². The molecule has 1 aromatic carbocycles. The van der Waals surface area contributed by atoms with E-state index in [1.807, 2.05) is 11.9 Å². The predicted octanol–water partition coefficient (Wildman–Crippen LogP) is 2.07. The first-order valence-corrected chi connectivity index (χ1v) is 6.04. The summed E-state index contributed by atoms with van der Waals surface area (Å²) in [5.41, 5.74) is -0.936. The molecule has 0 aromatic heterocycles.